The van der Waals surface area contributed by atoms with E-state index in [0.29, 0.717) is 18.8 Å². The molecule has 1 aliphatic heterocycles. The summed E-state index contributed by atoms with van der Waals surface area (Å²) in [5.41, 5.74) is 3.09. The Bertz CT molecular complexity index is 330. The van der Waals surface area contributed by atoms with Crippen LogP contribution in [0, 0.1) is 11.3 Å². The molecule has 12 heavy (non-hydrogen) atoms. The summed E-state index contributed by atoms with van der Waals surface area (Å²) in [6.45, 7) is 1.35. The number of nitrogens with zero attached hydrogens (tertiary/aromatic N) is 1. The first kappa shape index (κ1) is 9.24. The molecule has 0 aromatic heterocycles. The van der Waals surface area contributed by atoms with Crippen LogP contribution in [0.1, 0.15) is 16.7 Å². The van der Waals surface area contributed by atoms with E-state index >= 15 is 0 Å². The van der Waals surface area contributed by atoms with E-state index in [0.717, 1.165) is 5.56 Å². The number of hydrogen-bond acceptors (Lipinski definition) is 2. The molecule has 0 saturated carbocycles. The summed E-state index contributed by atoms with van der Waals surface area (Å²) in [7, 11) is 0. The first-order chi connectivity index (χ1) is 5.40. The van der Waals surface area contributed by atoms with Crippen molar-refractivity contribution in [3.05, 3.63) is 34.9 Å². The molecule has 1 aliphatic rings. The van der Waals surface area contributed by atoms with Crippen LogP contribution in [0.3, 0.4) is 0 Å². The van der Waals surface area contributed by atoms with E-state index in [1.54, 1.807) is 0 Å². The lowest BCUT2D eigenvalue weighted by Crippen LogP contribution is -1.82. The van der Waals surface area contributed by atoms with E-state index < -0.39 is 0 Å². The first-order valence-corrected chi connectivity index (χ1v) is 3.50. The topological polar surface area (TPSA) is 33.0 Å². The van der Waals surface area contributed by atoms with Gasteiger partial charge in [-0.05, 0) is 23.3 Å². The first-order valence-electron chi connectivity index (χ1n) is 3.50. The highest BCUT2D eigenvalue weighted by molar-refractivity contribution is 8.93. The van der Waals surface area contributed by atoms with Gasteiger partial charge in [0.15, 0.2) is 0 Å². The molecule has 2 nitrogen and oxygen atoms in total. The van der Waals surface area contributed by atoms with Crippen LogP contribution in [0.5, 0.6) is 0 Å². The third kappa shape index (κ3) is 1.50. The highest BCUT2D eigenvalue weighted by atomic mass is 79.9. The molecular formula is C9H8BrNO. The van der Waals surface area contributed by atoms with Gasteiger partial charge in [-0.15, -0.1) is 17.0 Å². The van der Waals surface area contributed by atoms with Gasteiger partial charge in [0.1, 0.15) is 0 Å². The monoisotopic (exact) mass is 225 g/mol. The summed E-state index contributed by atoms with van der Waals surface area (Å²) < 4.78 is 5.20. The van der Waals surface area contributed by atoms with Gasteiger partial charge >= 0.3 is 0 Å². The van der Waals surface area contributed by atoms with Crippen molar-refractivity contribution in [3.8, 4) is 6.07 Å². The largest absolute Gasteiger partial charge is 0.372 e. The zero-order chi connectivity index (χ0) is 7.68. The number of rotatable bonds is 0. The van der Waals surface area contributed by atoms with Crippen LogP contribution in [0.4, 0.5) is 0 Å². The van der Waals surface area contributed by atoms with Crippen molar-refractivity contribution in [1.82, 2.24) is 0 Å². The van der Waals surface area contributed by atoms with Crippen molar-refractivity contribution in [1.29, 1.82) is 5.26 Å². The maximum Gasteiger partial charge on any atom is 0.0991 e. The SMILES string of the molecule is Br.N#Cc1ccc2c(c1)COC2. The van der Waals surface area contributed by atoms with Gasteiger partial charge < -0.3 is 4.74 Å². The van der Waals surface area contributed by atoms with Gasteiger partial charge in [-0.3, -0.25) is 0 Å². The van der Waals surface area contributed by atoms with Gasteiger partial charge in [0, 0.05) is 0 Å². The average Bonchev–Trinajstić information content (AvgIpc) is 2.50. The summed E-state index contributed by atoms with van der Waals surface area (Å²) in [4.78, 5) is 0. The Morgan fingerprint density at radius 3 is 2.75 bits per heavy atom. The van der Waals surface area contributed by atoms with Crippen LogP contribution in [0.15, 0.2) is 18.2 Å². The summed E-state index contributed by atoms with van der Waals surface area (Å²) >= 11 is 0. The Hall–Kier alpha value is -0.850. The maximum atomic E-state index is 8.58. The van der Waals surface area contributed by atoms with Crippen LogP contribution in [0.2, 0.25) is 0 Å². The molecule has 0 N–H and O–H groups in total. The van der Waals surface area contributed by atoms with Crippen LogP contribution >= 0.6 is 17.0 Å². The lowest BCUT2D eigenvalue weighted by molar-refractivity contribution is 0.134. The van der Waals surface area contributed by atoms with Crippen molar-refractivity contribution in [3.63, 3.8) is 0 Å². The van der Waals surface area contributed by atoms with Gasteiger partial charge in [-0.25, -0.2) is 0 Å². The summed E-state index contributed by atoms with van der Waals surface area (Å²) in [5.74, 6) is 0. The normalized spacial score (nSPS) is 12.9. The molecular weight excluding hydrogens is 218 g/mol. The van der Waals surface area contributed by atoms with E-state index in [1.807, 2.05) is 18.2 Å². The number of ether oxygens (including phenoxy) is 1. The maximum absolute atomic E-state index is 8.58. The fraction of sp³-hybridized carbons (Fsp3) is 0.222. The molecule has 0 saturated heterocycles. The number of benzene rings is 1. The minimum atomic E-state index is 0. The standard InChI is InChI=1S/C9H7NO.BrH/c10-4-7-1-2-8-5-11-6-9(8)3-7;/h1-3H,5-6H2;1H. The lowest BCUT2D eigenvalue weighted by Gasteiger charge is -1.94. The van der Waals surface area contributed by atoms with Crippen LogP contribution in [0.25, 0.3) is 0 Å². The highest BCUT2D eigenvalue weighted by Crippen LogP contribution is 2.20. The molecule has 0 aliphatic carbocycles. The quantitative estimate of drug-likeness (QED) is 0.679. The molecule has 0 amide bonds. The van der Waals surface area contributed by atoms with Crippen molar-refractivity contribution in [2.24, 2.45) is 0 Å². The van der Waals surface area contributed by atoms with Crippen molar-refractivity contribution < 1.29 is 4.74 Å². The van der Waals surface area contributed by atoms with E-state index in [1.165, 1.54) is 5.56 Å². The second kappa shape index (κ2) is 3.70. The molecule has 1 aromatic rings. The Morgan fingerprint density at radius 2 is 2.00 bits per heavy atom. The minimum absolute atomic E-state index is 0. The van der Waals surface area contributed by atoms with Crippen molar-refractivity contribution >= 4 is 17.0 Å². The molecule has 1 heterocycles. The van der Waals surface area contributed by atoms with Gasteiger partial charge in [0.2, 0.25) is 0 Å². The van der Waals surface area contributed by atoms with Crippen LogP contribution < -0.4 is 0 Å². The highest BCUT2D eigenvalue weighted by Gasteiger charge is 2.10. The zero-order valence-electron chi connectivity index (χ0n) is 6.41. The molecule has 0 atom stereocenters. The molecule has 0 fully saturated rings. The Morgan fingerprint density at radius 1 is 1.25 bits per heavy atom. The Balaban J connectivity index is 0.000000720. The summed E-state index contributed by atoms with van der Waals surface area (Å²) in [6, 6.07) is 7.78. The number of fused-ring (bicyclic) bond motifs is 1. The zero-order valence-corrected chi connectivity index (χ0v) is 8.12. The second-order valence-electron chi connectivity index (χ2n) is 2.59. The average molecular weight is 226 g/mol. The van der Waals surface area contributed by atoms with E-state index in [4.69, 9.17) is 10.00 Å². The third-order valence-electron chi connectivity index (χ3n) is 1.85. The van der Waals surface area contributed by atoms with Crippen molar-refractivity contribution in [2.75, 3.05) is 0 Å². The van der Waals surface area contributed by atoms with Gasteiger partial charge in [0.25, 0.3) is 0 Å². The number of nitriles is 1. The van der Waals surface area contributed by atoms with E-state index in [-0.39, 0.29) is 17.0 Å². The minimum Gasteiger partial charge on any atom is -0.372 e. The third-order valence-corrected chi connectivity index (χ3v) is 1.85. The summed E-state index contributed by atoms with van der Waals surface area (Å²) in [6.07, 6.45) is 0. The fourth-order valence-electron chi connectivity index (χ4n) is 1.24. The number of hydrogen-bond donors (Lipinski definition) is 0. The molecule has 3 heteroatoms. The predicted molar refractivity (Wildman–Crippen MR) is 50.0 cm³/mol. The Kier molecular flexibility index (Phi) is 2.85. The van der Waals surface area contributed by atoms with Gasteiger partial charge in [-0.1, -0.05) is 6.07 Å². The second-order valence-corrected chi connectivity index (χ2v) is 2.59. The molecule has 0 bridgehead atoms. The molecule has 1 aromatic carbocycles. The molecule has 62 valence electrons. The van der Waals surface area contributed by atoms with Gasteiger partial charge in [0.05, 0.1) is 24.8 Å². The van der Waals surface area contributed by atoms with E-state index in [2.05, 4.69) is 6.07 Å². The molecule has 0 unspecified atom stereocenters. The Labute approximate surface area is 81.5 Å². The van der Waals surface area contributed by atoms with Crippen molar-refractivity contribution in [2.45, 2.75) is 13.2 Å². The fourth-order valence-corrected chi connectivity index (χ4v) is 1.24. The summed E-state index contributed by atoms with van der Waals surface area (Å²) in [5, 5.41) is 8.58. The van der Waals surface area contributed by atoms with E-state index in [9.17, 15) is 0 Å². The van der Waals surface area contributed by atoms with Gasteiger partial charge in [-0.2, -0.15) is 5.26 Å². The predicted octanol–water partition coefficient (Wildman–Crippen LogP) is 2.17. The van der Waals surface area contributed by atoms with Crippen LogP contribution in [-0.4, -0.2) is 0 Å². The molecule has 2 rings (SSSR count). The molecule has 0 spiro atoms. The van der Waals surface area contributed by atoms with Crippen LogP contribution in [-0.2, 0) is 18.0 Å². The molecule has 0 radical (unpaired) electrons. The smallest absolute Gasteiger partial charge is 0.0991 e. The number of halogens is 1. The lowest BCUT2D eigenvalue weighted by atomic mass is 10.1.